The van der Waals surface area contributed by atoms with Gasteiger partial charge in [-0.2, -0.15) is 5.10 Å². The summed E-state index contributed by atoms with van der Waals surface area (Å²) in [6.45, 7) is 1.81. The number of aryl methyl sites for hydroxylation is 2. The van der Waals surface area contributed by atoms with Crippen LogP contribution >= 0.6 is 0 Å². The number of hydrogen-bond acceptors (Lipinski definition) is 4. The molecule has 0 aliphatic heterocycles. The fourth-order valence-electron chi connectivity index (χ4n) is 1.62. The zero-order valence-electron chi connectivity index (χ0n) is 9.88. The van der Waals surface area contributed by atoms with E-state index in [4.69, 9.17) is 0 Å². The summed E-state index contributed by atoms with van der Waals surface area (Å²) in [6.07, 6.45) is 1.19. The van der Waals surface area contributed by atoms with Crippen molar-refractivity contribution in [3.05, 3.63) is 30.1 Å². The lowest BCUT2D eigenvalue weighted by Crippen LogP contribution is -1.98. The maximum absolute atomic E-state index is 11.3. The van der Waals surface area contributed by atoms with Gasteiger partial charge in [0.1, 0.15) is 5.82 Å². The Hall–Kier alpha value is -1.69. The predicted octanol–water partition coefficient (Wildman–Crippen LogP) is 1.19. The van der Waals surface area contributed by atoms with Crippen LogP contribution in [-0.4, -0.2) is 29.4 Å². The van der Waals surface area contributed by atoms with Crippen molar-refractivity contribution in [3.63, 3.8) is 0 Å². The van der Waals surface area contributed by atoms with Crippen molar-refractivity contribution >= 4 is 9.84 Å². The first-order valence-corrected chi connectivity index (χ1v) is 6.95. The van der Waals surface area contributed by atoms with Gasteiger partial charge in [0.25, 0.3) is 0 Å². The number of nitrogens with zero attached hydrogens (tertiary/aromatic N) is 3. The van der Waals surface area contributed by atoms with Crippen molar-refractivity contribution in [2.45, 2.75) is 11.8 Å². The van der Waals surface area contributed by atoms with Crippen LogP contribution in [0.3, 0.4) is 0 Å². The number of hydrogen-bond donors (Lipinski definition) is 0. The first-order valence-electron chi connectivity index (χ1n) is 5.06. The van der Waals surface area contributed by atoms with Crippen molar-refractivity contribution in [1.82, 2.24) is 14.8 Å². The van der Waals surface area contributed by atoms with E-state index >= 15 is 0 Å². The predicted molar refractivity (Wildman–Crippen MR) is 64.3 cm³/mol. The lowest BCUT2D eigenvalue weighted by molar-refractivity contribution is 0.602. The summed E-state index contributed by atoms with van der Waals surface area (Å²) in [6, 6.07) is 6.63. The zero-order chi connectivity index (χ0) is 12.6. The van der Waals surface area contributed by atoms with Gasteiger partial charge in [-0.25, -0.2) is 18.1 Å². The molecule has 0 fully saturated rings. The van der Waals surface area contributed by atoms with Crippen LogP contribution in [-0.2, 0) is 16.9 Å². The Kier molecular flexibility index (Phi) is 2.74. The van der Waals surface area contributed by atoms with Crippen molar-refractivity contribution in [3.8, 4) is 11.4 Å². The normalized spacial score (nSPS) is 11.7. The van der Waals surface area contributed by atoms with Gasteiger partial charge < -0.3 is 0 Å². The molecule has 0 bridgehead atoms. The highest BCUT2D eigenvalue weighted by Gasteiger charge is 2.10. The monoisotopic (exact) mass is 251 g/mol. The van der Waals surface area contributed by atoms with Crippen LogP contribution in [0.25, 0.3) is 11.4 Å². The lowest BCUT2D eigenvalue weighted by atomic mass is 10.2. The topological polar surface area (TPSA) is 64.8 Å². The maximum Gasteiger partial charge on any atom is 0.175 e. The Bertz CT molecular complexity index is 642. The Morgan fingerprint density at radius 1 is 1.18 bits per heavy atom. The minimum atomic E-state index is -3.15. The van der Waals surface area contributed by atoms with E-state index in [0.717, 1.165) is 11.4 Å². The third kappa shape index (κ3) is 2.36. The molecule has 0 spiro atoms. The smallest absolute Gasteiger partial charge is 0.175 e. The summed E-state index contributed by atoms with van der Waals surface area (Å²) in [5.41, 5.74) is 0.848. The highest BCUT2D eigenvalue weighted by atomic mass is 32.2. The van der Waals surface area contributed by atoms with Gasteiger partial charge in [0, 0.05) is 18.9 Å². The molecule has 0 aliphatic rings. The molecule has 1 heterocycles. The molecule has 1 aromatic heterocycles. The third-order valence-electron chi connectivity index (χ3n) is 2.41. The second-order valence-corrected chi connectivity index (χ2v) is 5.92. The minimum absolute atomic E-state index is 0.306. The van der Waals surface area contributed by atoms with E-state index in [2.05, 4.69) is 10.1 Å². The molecule has 5 nitrogen and oxygen atoms in total. The number of rotatable bonds is 2. The van der Waals surface area contributed by atoms with Crippen molar-refractivity contribution in [2.75, 3.05) is 6.26 Å². The molecule has 17 heavy (non-hydrogen) atoms. The molecule has 0 saturated carbocycles. The van der Waals surface area contributed by atoms with Gasteiger partial charge in [-0.05, 0) is 31.2 Å². The van der Waals surface area contributed by atoms with Crippen LogP contribution in [0.5, 0.6) is 0 Å². The number of sulfone groups is 1. The molecule has 0 aliphatic carbocycles. The van der Waals surface area contributed by atoms with E-state index in [1.54, 1.807) is 36.0 Å². The van der Waals surface area contributed by atoms with Crippen LogP contribution in [0.1, 0.15) is 5.82 Å². The van der Waals surface area contributed by atoms with Gasteiger partial charge in [-0.1, -0.05) is 0 Å². The summed E-state index contributed by atoms with van der Waals surface area (Å²) < 4.78 is 24.3. The molecule has 0 radical (unpaired) electrons. The van der Waals surface area contributed by atoms with Crippen molar-refractivity contribution < 1.29 is 8.42 Å². The van der Waals surface area contributed by atoms with Crippen LogP contribution in [0.4, 0.5) is 0 Å². The fraction of sp³-hybridized carbons (Fsp3) is 0.273. The Labute approximate surface area is 100 Å². The molecule has 2 rings (SSSR count). The van der Waals surface area contributed by atoms with E-state index in [9.17, 15) is 8.42 Å². The molecule has 1 aromatic carbocycles. The third-order valence-corrected chi connectivity index (χ3v) is 3.54. The van der Waals surface area contributed by atoms with Crippen LogP contribution in [0.2, 0.25) is 0 Å². The molecular weight excluding hydrogens is 238 g/mol. The lowest BCUT2D eigenvalue weighted by Gasteiger charge is -2.02. The average molecular weight is 251 g/mol. The molecule has 0 N–H and O–H groups in total. The summed E-state index contributed by atoms with van der Waals surface area (Å²) in [7, 11) is -1.34. The highest BCUT2D eigenvalue weighted by molar-refractivity contribution is 7.90. The summed E-state index contributed by atoms with van der Waals surface area (Å²) in [4.78, 5) is 4.58. The molecule has 2 aromatic rings. The van der Waals surface area contributed by atoms with E-state index in [0.29, 0.717) is 10.7 Å². The molecule has 6 heteroatoms. The van der Waals surface area contributed by atoms with Gasteiger partial charge in [-0.3, -0.25) is 0 Å². The SMILES string of the molecule is Cc1nc(-c2ccc(S(C)(=O)=O)cc2)n(C)n1. The zero-order valence-corrected chi connectivity index (χ0v) is 10.7. The van der Waals surface area contributed by atoms with Gasteiger partial charge in [0.2, 0.25) is 0 Å². The van der Waals surface area contributed by atoms with E-state index in [-0.39, 0.29) is 0 Å². The molecule has 90 valence electrons. The number of benzene rings is 1. The Balaban J connectivity index is 2.46. The summed E-state index contributed by atoms with van der Waals surface area (Å²) in [5, 5.41) is 4.15. The van der Waals surface area contributed by atoms with E-state index in [1.807, 2.05) is 6.92 Å². The quantitative estimate of drug-likeness (QED) is 0.804. The van der Waals surface area contributed by atoms with Gasteiger partial charge in [0.05, 0.1) is 4.90 Å². The van der Waals surface area contributed by atoms with Crippen LogP contribution in [0, 0.1) is 6.92 Å². The molecule has 0 amide bonds. The second kappa shape index (κ2) is 3.96. The molecule has 0 unspecified atom stereocenters. The highest BCUT2D eigenvalue weighted by Crippen LogP contribution is 2.19. The minimum Gasteiger partial charge on any atom is -0.249 e. The largest absolute Gasteiger partial charge is 0.249 e. The second-order valence-electron chi connectivity index (χ2n) is 3.90. The first-order chi connectivity index (χ1) is 7.88. The van der Waals surface area contributed by atoms with Crippen LogP contribution in [0.15, 0.2) is 29.2 Å². The van der Waals surface area contributed by atoms with Gasteiger partial charge in [-0.15, -0.1) is 0 Å². The summed E-state index contributed by atoms with van der Waals surface area (Å²) in [5.74, 6) is 1.41. The van der Waals surface area contributed by atoms with Gasteiger partial charge >= 0.3 is 0 Å². The Morgan fingerprint density at radius 3 is 2.18 bits per heavy atom. The molecule has 0 atom stereocenters. The summed E-state index contributed by atoms with van der Waals surface area (Å²) >= 11 is 0. The van der Waals surface area contributed by atoms with E-state index in [1.165, 1.54) is 6.26 Å². The van der Waals surface area contributed by atoms with E-state index < -0.39 is 9.84 Å². The fourth-order valence-corrected chi connectivity index (χ4v) is 2.25. The first kappa shape index (κ1) is 11.8. The maximum atomic E-state index is 11.3. The Morgan fingerprint density at radius 2 is 1.76 bits per heavy atom. The number of aromatic nitrogens is 3. The van der Waals surface area contributed by atoms with Crippen molar-refractivity contribution in [1.29, 1.82) is 0 Å². The van der Waals surface area contributed by atoms with Crippen molar-refractivity contribution in [2.24, 2.45) is 7.05 Å². The van der Waals surface area contributed by atoms with Crippen LogP contribution < -0.4 is 0 Å². The van der Waals surface area contributed by atoms with Gasteiger partial charge in [0.15, 0.2) is 15.7 Å². The molecular formula is C11H13N3O2S. The standard InChI is InChI=1S/C11H13N3O2S/c1-8-12-11(14(2)13-8)9-4-6-10(7-5-9)17(3,15)16/h4-7H,1-3H3. The molecule has 0 saturated heterocycles. The average Bonchev–Trinajstić information content (AvgIpc) is 2.57.